The van der Waals surface area contributed by atoms with E-state index < -0.39 is 0 Å². The Morgan fingerprint density at radius 3 is 2.86 bits per heavy atom. The van der Waals surface area contributed by atoms with Crippen LogP contribution < -0.4 is 5.32 Å². The molecule has 1 N–H and O–H groups in total. The summed E-state index contributed by atoms with van der Waals surface area (Å²) in [5.74, 6) is 4.15. The van der Waals surface area contributed by atoms with Gasteiger partial charge in [-0.3, -0.25) is 4.79 Å². The van der Waals surface area contributed by atoms with Crippen LogP contribution in [0.4, 0.5) is 0 Å². The first-order chi connectivity index (χ1) is 10.7. The molecule has 0 atom stereocenters. The lowest BCUT2D eigenvalue weighted by Crippen LogP contribution is -2.27. The smallest absolute Gasteiger partial charge is 0.230 e. The number of carbonyl (C=O) groups excluding carboxylic acids is 1. The molecule has 22 heavy (non-hydrogen) atoms. The van der Waals surface area contributed by atoms with Crippen molar-refractivity contribution in [1.82, 2.24) is 5.32 Å². The van der Waals surface area contributed by atoms with Crippen molar-refractivity contribution >= 4 is 45.4 Å². The Morgan fingerprint density at radius 2 is 2.09 bits per heavy atom. The highest BCUT2D eigenvalue weighted by molar-refractivity contribution is 9.10. The lowest BCUT2D eigenvalue weighted by atomic mass is 10.2. The fourth-order valence-corrected chi connectivity index (χ4v) is 3.78. The Balaban J connectivity index is 1.51. The molecule has 1 aromatic carbocycles. The molecule has 3 nitrogen and oxygen atoms in total. The fourth-order valence-electron chi connectivity index (χ4n) is 1.77. The summed E-state index contributed by atoms with van der Waals surface area (Å²) in [5.41, 5.74) is 1.22. The Kier molecular flexibility index (Phi) is 7.98. The van der Waals surface area contributed by atoms with Gasteiger partial charge in [0, 0.05) is 22.5 Å². The second-order valence-electron chi connectivity index (χ2n) is 4.60. The van der Waals surface area contributed by atoms with Crippen molar-refractivity contribution in [2.24, 2.45) is 0 Å². The van der Waals surface area contributed by atoms with Gasteiger partial charge in [0.15, 0.2) is 0 Å². The molecule has 6 heteroatoms. The molecule has 0 aliphatic carbocycles. The molecule has 1 heterocycles. The van der Waals surface area contributed by atoms with Gasteiger partial charge in [-0.15, -0.1) is 11.8 Å². The largest absolute Gasteiger partial charge is 0.468 e. The van der Waals surface area contributed by atoms with Gasteiger partial charge in [0.1, 0.15) is 5.76 Å². The first kappa shape index (κ1) is 17.5. The zero-order valence-electron chi connectivity index (χ0n) is 12.1. The summed E-state index contributed by atoms with van der Waals surface area (Å²) >= 11 is 6.83. The van der Waals surface area contributed by atoms with E-state index in [1.807, 2.05) is 24.3 Å². The Bertz CT molecular complexity index is 575. The molecule has 0 radical (unpaired) electrons. The quantitative estimate of drug-likeness (QED) is 0.637. The van der Waals surface area contributed by atoms with E-state index in [1.54, 1.807) is 29.8 Å². The Labute approximate surface area is 147 Å². The van der Waals surface area contributed by atoms with Gasteiger partial charge in [-0.1, -0.05) is 28.1 Å². The molecule has 0 unspecified atom stereocenters. The standard InChI is InChI=1S/C16H18BrNO2S2/c17-14-4-1-3-13(9-14)10-22-12-16(19)18-6-8-21-11-15-5-2-7-20-15/h1-5,7,9H,6,8,10-12H2,(H,18,19). The van der Waals surface area contributed by atoms with E-state index >= 15 is 0 Å². The van der Waals surface area contributed by atoms with Crippen LogP contribution in [0, 0.1) is 0 Å². The maximum Gasteiger partial charge on any atom is 0.230 e. The number of carbonyl (C=O) groups is 1. The molecule has 0 saturated heterocycles. The monoisotopic (exact) mass is 399 g/mol. The van der Waals surface area contributed by atoms with Gasteiger partial charge in [-0.25, -0.2) is 0 Å². The molecule has 0 saturated carbocycles. The topological polar surface area (TPSA) is 42.2 Å². The number of hydrogen-bond donors (Lipinski definition) is 1. The average molecular weight is 400 g/mol. The first-order valence-corrected chi connectivity index (χ1v) is 10.0. The van der Waals surface area contributed by atoms with Crippen molar-refractivity contribution < 1.29 is 9.21 Å². The lowest BCUT2D eigenvalue weighted by molar-refractivity contribution is -0.118. The third-order valence-corrected chi connectivity index (χ3v) is 5.26. The summed E-state index contributed by atoms with van der Waals surface area (Å²) in [5, 5.41) is 2.94. The van der Waals surface area contributed by atoms with Gasteiger partial charge in [0.25, 0.3) is 0 Å². The van der Waals surface area contributed by atoms with Crippen LogP contribution in [0.1, 0.15) is 11.3 Å². The van der Waals surface area contributed by atoms with Crippen molar-refractivity contribution in [3.05, 3.63) is 58.5 Å². The number of nitrogens with one attached hydrogen (secondary N) is 1. The van der Waals surface area contributed by atoms with Crippen LogP contribution in [-0.2, 0) is 16.3 Å². The highest BCUT2D eigenvalue weighted by Gasteiger charge is 2.02. The molecule has 0 spiro atoms. The number of halogens is 1. The van der Waals surface area contributed by atoms with Crippen molar-refractivity contribution in [3.63, 3.8) is 0 Å². The number of furan rings is 1. The zero-order valence-corrected chi connectivity index (χ0v) is 15.3. The van der Waals surface area contributed by atoms with Crippen LogP contribution in [0.15, 0.2) is 51.6 Å². The van der Waals surface area contributed by atoms with E-state index in [0.717, 1.165) is 27.5 Å². The number of amides is 1. The van der Waals surface area contributed by atoms with E-state index in [9.17, 15) is 4.79 Å². The van der Waals surface area contributed by atoms with Crippen LogP contribution in [0.3, 0.4) is 0 Å². The maximum atomic E-state index is 11.7. The van der Waals surface area contributed by atoms with Gasteiger partial charge in [0.2, 0.25) is 5.91 Å². The average Bonchev–Trinajstić information content (AvgIpc) is 3.00. The summed E-state index contributed by atoms with van der Waals surface area (Å²) in [7, 11) is 0. The van der Waals surface area contributed by atoms with Gasteiger partial charge in [0.05, 0.1) is 17.8 Å². The van der Waals surface area contributed by atoms with Gasteiger partial charge in [-0.05, 0) is 29.8 Å². The third-order valence-electron chi connectivity index (χ3n) is 2.78. The van der Waals surface area contributed by atoms with Crippen LogP contribution in [-0.4, -0.2) is 24.0 Å². The molecular weight excluding hydrogens is 382 g/mol. The molecule has 0 aliphatic rings. The second-order valence-corrected chi connectivity index (χ2v) is 7.61. The lowest BCUT2D eigenvalue weighted by Gasteiger charge is -2.05. The summed E-state index contributed by atoms with van der Waals surface area (Å²) in [6.45, 7) is 0.696. The van der Waals surface area contributed by atoms with Crippen molar-refractivity contribution in [2.75, 3.05) is 18.1 Å². The van der Waals surface area contributed by atoms with E-state index in [4.69, 9.17) is 4.42 Å². The minimum atomic E-state index is 0.0959. The molecule has 2 aromatic rings. The van der Waals surface area contributed by atoms with E-state index in [0.29, 0.717) is 12.3 Å². The number of rotatable bonds is 9. The van der Waals surface area contributed by atoms with E-state index in [-0.39, 0.29) is 5.91 Å². The fraction of sp³-hybridized carbons (Fsp3) is 0.312. The minimum Gasteiger partial charge on any atom is -0.468 e. The summed E-state index contributed by atoms with van der Waals surface area (Å²) in [6, 6.07) is 12.0. The zero-order chi connectivity index (χ0) is 15.6. The predicted octanol–water partition coefficient (Wildman–Crippen LogP) is 4.32. The van der Waals surface area contributed by atoms with Crippen LogP contribution >= 0.6 is 39.5 Å². The molecule has 0 fully saturated rings. The molecule has 1 amide bonds. The highest BCUT2D eigenvalue weighted by atomic mass is 79.9. The first-order valence-electron chi connectivity index (χ1n) is 6.93. The third kappa shape index (κ3) is 6.94. The van der Waals surface area contributed by atoms with Crippen molar-refractivity contribution in [3.8, 4) is 0 Å². The number of benzene rings is 1. The number of thioether (sulfide) groups is 2. The SMILES string of the molecule is O=C(CSCc1cccc(Br)c1)NCCSCc1ccco1. The summed E-state index contributed by atoms with van der Waals surface area (Å²) in [4.78, 5) is 11.7. The Morgan fingerprint density at radius 1 is 1.18 bits per heavy atom. The van der Waals surface area contributed by atoms with Crippen molar-refractivity contribution in [1.29, 1.82) is 0 Å². The Hall–Kier alpha value is -0.850. The molecule has 118 valence electrons. The maximum absolute atomic E-state index is 11.7. The van der Waals surface area contributed by atoms with Crippen molar-refractivity contribution in [2.45, 2.75) is 11.5 Å². The second kappa shape index (κ2) is 10.0. The minimum absolute atomic E-state index is 0.0959. The molecule has 0 bridgehead atoms. The van der Waals surface area contributed by atoms with Gasteiger partial charge >= 0.3 is 0 Å². The molecular formula is C16H18BrNO2S2. The van der Waals surface area contributed by atoms with Gasteiger partial charge in [-0.2, -0.15) is 11.8 Å². The molecule has 0 aliphatic heterocycles. The summed E-state index contributed by atoms with van der Waals surface area (Å²) < 4.78 is 6.32. The van der Waals surface area contributed by atoms with Crippen LogP contribution in [0.2, 0.25) is 0 Å². The molecule has 1 aromatic heterocycles. The number of hydrogen-bond acceptors (Lipinski definition) is 4. The summed E-state index contributed by atoms with van der Waals surface area (Å²) in [6.07, 6.45) is 1.68. The van der Waals surface area contributed by atoms with Crippen LogP contribution in [0.5, 0.6) is 0 Å². The van der Waals surface area contributed by atoms with E-state index in [1.165, 1.54) is 5.56 Å². The van der Waals surface area contributed by atoms with Gasteiger partial charge < -0.3 is 9.73 Å². The van der Waals surface area contributed by atoms with Crippen LogP contribution in [0.25, 0.3) is 0 Å². The van der Waals surface area contributed by atoms with E-state index in [2.05, 4.69) is 33.4 Å². The predicted molar refractivity (Wildman–Crippen MR) is 98.2 cm³/mol. The normalized spacial score (nSPS) is 10.6. The molecule has 2 rings (SSSR count). The highest BCUT2D eigenvalue weighted by Crippen LogP contribution is 2.17.